The maximum absolute atomic E-state index is 13.8. The molecule has 0 aromatic heterocycles. The zero-order chi connectivity index (χ0) is 15.2. The first-order chi connectivity index (χ1) is 9.56. The zero-order valence-electron chi connectivity index (χ0n) is 13.1. The van der Waals surface area contributed by atoms with E-state index in [1.807, 2.05) is 6.07 Å². The average Bonchev–Trinajstić information content (AvgIpc) is 2.48. The Labute approximate surface area is 121 Å². The number of nitrogens with two attached hydrogens (primary N) is 1. The first-order valence-corrected chi connectivity index (χ1v) is 7.34. The van der Waals surface area contributed by atoms with Crippen molar-refractivity contribution in [2.24, 2.45) is 5.73 Å². The quantitative estimate of drug-likeness (QED) is 0.796. The van der Waals surface area contributed by atoms with Crippen molar-refractivity contribution in [3.05, 3.63) is 29.6 Å². The Balaban J connectivity index is 2.95. The molecule has 0 aliphatic heterocycles. The molecule has 0 saturated carbocycles. The molecule has 1 aromatic carbocycles. The minimum atomic E-state index is -0.313. The summed E-state index contributed by atoms with van der Waals surface area (Å²) in [5.41, 5.74) is 6.94. The fourth-order valence-electron chi connectivity index (χ4n) is 2.76. The molecule has 114 valence electrons. The Morgan fingerprint density at radius 3 is 2.30 bits per heavy atom. The van der Waals surface area contributed by atoms with E-state index in [0.717, 1.165) is 24.9 Å². The minimum absolute atomic E-state index is 0.00878. The maximum atomic E-state index is 13.8. The third kappa shape index (κ3) is 3.49. The number of methoxy groups -OCH3 is 1. The minimum Gasteiger partial charge on any atom is -0.494 e. The highest BCUT2D eigenvalue weighted by atomic mass is 19.1. The van der Waals surface area contributed by atoms with E-state index in [-0.39, 0.29) is 17.1 Å². The smallest absolute Gasteiger partial charge is 0.165 e. The van der Waals surface area contributed by atoms with Crippen LogP contribution in [-0.4, -0.2) is 30.6 Å². The molecule has 20 heavy (non-hydrogen) atoms. The molecule has 2 N–H and O–H groups in total. The highest BCUT2D eigenvalue weighted by molar-refractivity contribution is 5.29. The van der Waals surface area contributed by atoms with Crippen LogP contribution < -0.4 is 10.5 Å². The number of nitrogens with zero attached hydrogens (tertiary/aromatic N) is 1. The molecule has 0 aliphatic rings. The second-order valence-electron chi connectivity index (χ2n) is 5.12. The van der Waals surface area contributed by atoms with Gasteiger partial charge in [-0.3, -0.25) is 4.90 Å². The van der Waals surface area contributed by atoms with E-state index < -0.39 is 0 Å². The molecule has 0 fully saturated rings. The lowest BCUT2D eigenvalue weighted by atomic mass is 9.90. The third-order valence-corrected chi connectivity index (χ3v) is 4.34. The number of ether oxygens (including phenoxy) is 1. The van der Waals surface area contributed by atoms with Gasteiger partial charge < -0.3 is 10.5 Å². The summed E-state index contributed by atoms with van der Waals surface area (Å²) in [4.78, 5) is 2.34. The standard InChI is InChI=1S/C16H27FN2O/c1-5-16(6-2,12-18)19(7-3)11-13-8-9-15(20-4)14(17)10-13/h8-10H,5-7,11-12,18H2,1-4H3. The zero-order valence-corrected chi connectivity index (χ0v) is 13.1. The van der Waals surface area contributed by atoms with Crippen LogP contribution in [0.25, 0.3) is 0 Å². The van der Waals surface area contributed by atoms with Crippen LogP contribution >= 0.6 is 0 Å². The van der Waals surface area contributed by atoms with Crippen molar-refractivity contribution < 1.29 is 9.13 Å². The van der Waals surface area contributed by atoms with Gasteiger partial charge in [0.2, 0.25) is 0 Å². The van der Waals surface area contributed by atoms with E-state index in [9.17, 15) is 4.39 Å². The maximum Gasteiger partial charge on any atom is 0.165 e. The SMILES string of the molecule is CCN(Cc1ccc(OC)c(F)c1)C(CC)(CC)CN. The molecule has 1 rings (SSSR count). The molecule has 0 bridgehead atoms. The van der Waals surface area contributed by atoms with E-state index in [1.165, 1.54) is 7.11 Å². The molecule has 0 atom stereocenters. The van der Waals surface area contributed by atoms with Gasteiger partial charge in [-0.25, -0.2) is 4.39 Å². The number of hydrogen-bond acceptors (Lipinski definition) is 3. The van der Waals surface area contributed by atoms with Crippen LogP contribution in [0.4, 0.5) is 4.39 Å². The second kappa shape index (κ2) is 7.60. The summed E-state index contributed by atoms with van der Waals surface area (Å²) in [5.74, 6) is -0.0275. The van der Waals surface area contributed by atoms with Crippen LogP contribution in [0.15, 0.2) is 18.2 Å². The molecule has 0 heterocycles. The lowest BCUT2D eigenvalue weighted by Gasteiger charge is -2.42. The van der Waals surface area contributed by atoms with Crippen LogP contribution in [0.3, 0.4) is 0 Å². The summed E-state index contributed by atoms with van der Waals surface area (Å²) < 4.78 is 18.7. The summed E-state index contributed by atoms with van der Waals surface area (Å²) >= 11 is 0. The van der Waals surface area contributed by atoms with Gasteiger partial charge in [-0.05, 0) is 37.1 Å². The molecule has 0 amide bonds. The molecule has 0 unspecified atom stereocenters. The van der Waals surface area contributed by atoms with Gasteiger partial charge in [0.25, 0.3) is 0 Å². The Morgan fingerprint density at radius 1 is 1.25 bits per heavy atom. The van der Waals surface area contributed by atoms with E-state index in [4.69, 9.17) is 10.5 Å². The van der Waals surface area contributed by atoms with Gasteiger partial charge in [-0.15, -0.1) is 0 Å². The first kappa shape index (κ1) is 16.9. The van der Waals surface area contributed by atoms with Crippen LogP contribution in [0.1, 0.15) is 39.2 Å². The summed E-state index contributed by atoms with van der Waals surface area (Å²) in [7, 11) is 1.48. The predicted molar refractivity (Wildman–Crippen MR) is 81.4 cm³/mol. The van der Waals surface area contributed by atoms with Gasteiger partial charge in [-0.2, -0.15) is 0 Å². The molecule has 0 spiro atoms. The summed E-state index contributed by atoms with van der Waals surface area (Å²) in [6.07, 6.45) is 1.99. The van der Waals surface area contributed by atoms with E-state index in [1.54, 1.807) is 12.1 Å². The van der Waals surface area contributed by atoms with Crippen molar-refractivity contribution in [3.63, 3.8) is 0 Å². The van der Waals surface area contributed by atoms with E-state index >= 15 is 0 Å². The highest BCUT2D eigenvalue weighted by Gasteiger charge is 2.30. The van der Waals surface area contributed by atoms with Gasteiger partial charge in [0, 0.05) is 18.6 Å². The molecular formula is C16H27FN2O. The van der Waals surface area contributed by atoms with Gasteiger partial charge in [0.05, 0.1) is 7.11 Å². The molecule has 0 radical (unpaired) electrons. The van der Waals surface area contributed by atoms with E-state index in [2.05, 4.69) is 25.7 Å². The molecule has 0 aliphatic carbocycles. The number of benzene rings is 1. The lowest BCUT2D eigenvalue weighted by Crippen LogP contribution is -2.52. The summed E-state index contributed by atoms with van der Waals surface area (Å²) in [6, 6.07) is 5.14. The molecule has 1 aromatic rings. The average molecular weight is 282 g/mol. The summed E-state index contributed by atoms with van der Waals surface area (Å²) in [5, 5.41) is 0. The van der Waals surface area contributed by atoms with Crippen LogP contribution in [0, 0.1) is 5.82 Å². The molecule has 0 saturated heterocycles. The number of rotatable bonds is 8. The first-order valence-electron chi connectivity index (χ1n) is 7.34. The van der Waals surface area contributed by atoms with Crippen LogP contribution in [0.2, 0.25) is 0 Å². The van der Waals surface area contributed by atoms with Crippen LogP contribution in [-0.2, 0) is 6.54 Å². The summed E-state index contributed by atoms with van der Waals surface area (Å²) in [6.45, 7) is 8.66. The fourth-order valence-corrected chi connectivity index (χ4v) is 2.76. The van der Waals surface area contributed by atoms with Crippen molar-refractivity contribution in [1.82, 2.24) is 4.90 Å². The predicted octanol–water partition coefficient (Wildman–Crippen LogP) is 3.17. The Bertz CT molecular complexity index is 411. The van der Waals surface area contributed by atoms with Gasteiger partial charge >= 0.3 is 0 Å². The monoisotopic (exact) mass is 282 g/mol. The van der Waals surface area contributed by atoms with E-state index in [0.29, 0.717) is 13.1 Å². The number of halogens is 1. The number of hydrogen-bond donors (Lipinski definition) is 1. The van der Waals surface area contributed by atoms with Crippen molar-refractivity contribution in [2.75, 3.05) is 20.2 Å². The van der Waals surface area contributed by atoms with Crippen molar-refractivity contribution in [2.45, 2.75) is 45.7 Å². The van der Waals surface area contributed by atoms with Crippen molar-refractivity contribution >= 4 is 0 Å². The molecule has 4 heteroatoms. The second-order valence-corrected chi connectivity index (χ2v) is 5.12. The highest BCUT2D eigenvalue weighted by Crippen LogP contribution is 2.26. The topological polar surface area (TPSA) is 38.5 Å². The largest absolute Gasteiger partial charge is 0.494 e. The Morgan fingerprint density at radius 2 is 1.90 bits per heavy atom. The molecular weight excluding hydrogens is 255 g/mol. The number of likely N-dealkylation sites (N-methyl/N-ethyl adjacent to an activating group) is 1. The van der Waals surface area contributed by atoms with Gasteiger partial charge in [0.1, 0.15) is 0 Å². The van der Waals surface area contributed by atoms with Gasteiger partial charge in [0.15, 0.2) is 11.6 Å². The van der Waals surface area contributed by atoms with Gasteiger partial charge in [-0.1, -0.05) is 26.8 Å². The van der Waals surface area contributed by atoms with Crippen molar-refractivity contribution in [3.8, 4) is 5.75 Å². The van der Waals surface area contributed by atoms with Crippen LogP contribution in [0.5, 0.6) is 5.75 Å². The lowest BCUT2D eigenvalue weighted by molar-refractivity contribution is 0.0827. The third-order valence-electron chi connectivity index (χ3n) is 4.34. The Kier molecular flexibility index (Phi) is 6.43. The molecule has 3 nitrogen and oxygen atoms in total. The normalized spacial score (nSPS) is 11.9. The Hall–Kier alpha value is -1.13. The fraction of sp³-hybridized carbons (Fsp3) is 0.625. The van der Waals surface area contributed by atoms with Crippen molar-refractivity contribution in [1.29, 1.82) is 0 Å².